The van der Waals surface area contributed by atoms with Gasteiger partial charge in [-0.2, -0.15) is 5.26 Å². The van der Waals surface area contributed by atoms with Crippen LogP contribution in [0, 0.1) is 11.3 Å². The second-order valence-electron chi connectivity index (χ2n) is 10.7. The number of nitrogens with one attached hydrogen (secondary N) is 3. The maximum Gasteiger partial charge on any atom is 0.291 e. The van der Waals surface area contributed by atoms with Crippen LogP contribution in [0.5, 0.6) is 0 Å². The summed E-state index contributed by atoms with van der Waals surface area (Å²) >= 11 is 6.85. The number of amides is 2. The van der Waals surface area contributed by atoms with E-state index < -0.39 is 5.91 Å². The van der Waals surface area contributed by atoms with E-state index in [0.29, 0.717) is 41.4 Å². The molecule has 0 bridgehead atoms. The molecule has 0 radical (unpaired) electrons. The normalized spacial score (nSPS) is 14.5. The number of likely N-dealkylation sites (N-methyl/N-ethyl adjacent to an activating group) is 1. The average molecular weight is 598 g/mol. The molecule has 12 heteroatoms. The molecule has 0 aliphatic carbocycles. The zero-order valence-corrected chi connectivity index (χ0v) is 25.0. The largest absolute Gasteiger partial charge is 0.327 e. The number of fused-ring (bicyclic) bond motifs is 2. The molecule has 220 valence electrons. The zero-order valence-electron chi connectivity index (χ0n) is 24.3. The molecule has 2 aliphatic heterocycles. The summed E-state index contributed by atoms with van der Waals surface area (Å²) in [6, 6.07) is 12.7. The van der Waals surface area contributed by atoms with Gasteiger partial charge in [-0.15, -0.1) is 0 Å². The van der Waals surface area contributed by atoms with Gasteiger partial charge < -0.3 is 25.1 Å². The first-order chi connectivity index (χ1) is 20.8. The molecule has 43 heavy (non-hydrogen) atoms. The van der Waals surface area contributed by atoms with Crippen LogP contribution in [0.25, 0.3) is 11.1 Å². The molecule has 0 spiro atoms. The van der Waals surface area contributed by atoms with Crippen molar-refractivity contribution in [2.45, 2.75) is 32.9 Å². The third kappa shape index (κ3) is 5.18. The molecule has 0 saturated carbocycles. The van der Waals surface area contributed by atoms with E-state index >= 15 is 0 Å². The molecule has 2 amide bonds. The number of imidazole rings is 2. The van der Waals surface area contributed by atoms with Crippen molar-refractivity contribution in [3.8, 4) is 17.2 Å². The predicted molar refractivity (Wildman–Crippen MR) is 164 cm³/mol. The summed E-state index contributed by atoms with van der Waals surface area (Å²) in [6.07, 6.45) is 1.62. The Balaban J connectivity index is 1.27. The van der Waals surface area contributed by atoms with Gasteiger partial charge in [0.05, 0.1) is 33.3 Å². The highest BCUT2D eigenvalue weighted by Crippen LogP contribution is 2.38. The van der Waals surface area contributed by atoms with Gasteiger partial charge in [0, 0.05) is 75.6 Å². The minimum Gasteiger partial charge on any atom is -0.327 e. The van der Waals surface area contributed by atoms with Gasteiger partial charge in [-0.25, -0.2) is 9.97 Å². The van der Waals surface area contributed by atoms with Gasteiger partial charge >= 0.3 is 0 Å². The predicted octanol–water partition coefficient (Wildman–Crippen LogP) is 3.87. The highest BCUT2D eigenvalue weighted by molar-refractivity contribution is 6.36. The molecule has 0 unspecified atom stereocenters. The Bertz CT molecular complexity index is 1800. The third-order valence-electron chi connectivity index (χ3n) is 8.28. The topological polar surface area (TPSA) is 133 Å². The highest BCUT2D eigenvalue weighted by Gasteiger charge is 2.26. The van der Waals surface area contributed by atoms with Crippen molar-refractivity contribution in [3.63, 3.8) is 0 Å². The van der Waals surface area contributed by atoms with E-state index in [4.69, 9.17) is 11.6 Å². The number of carbonyl (C=O) groups is 2. The minimum atomic E-state index is -0.405. The maximum absolute atomic E-state index is 13.4. The molecule has 11 nitrogen and oxygen atoms in total. The molecule has 3 N–H and O–H groups in total. The minimum absolute atomic E-state index is 0.249. The van der Waals surface area contributed by atoms with Gasteiger partial charge in [0.15, 0.2) is 11.6 Å². The summed E-state index contributed by atoms with van der Waals surface area (Å²) in [7, 11) is 3.68. The van der Waals surface area contributed by atoms with Gasteiger partial charge in [0.25, 0.3) is 11.8 Å². The van der Waals surface area contributed by atoms with Crippen LogP contribution in [0.15, 0.2) is 36.4 Å². The van der Waals surface area contributed by atoms with Crippen LogP contribution in [0.3, 0.4) is 0 Å². The van der Waals surface area contributed by atoms with E-state index in [1.807, 2.05) is 23.2 Å². The molecule has 2 aliphatic rings. The van der Waals surface area contributed by atoms with Gasteiger partial charge in [0.2, 0.25) is 0 Å². The van der Waals surface area contributed by atoms with Crippen molar-refractivity contribution < 1.29 is 9.59 Å². The Kier molecular flexibility index (Phi) is 7.75. The molecule has 4 aromatic rings. The van der Waals surface area contributed by atoms with Crippen molar-refractivity contribution >= 4 is 34.8 Å². The molecule has 6 rings (SSSR count). The van der Waals surface area contributed by atoms with E-state index in [2.05, 4.69) is 43.8 Å². The van der Waals surface area contributed by atoms with Crippen LogP contribution in [-0.2, 0) is 40.0 Å². The lowest BCUT2D eigenvalue weighted by molar-refractivity contribution is 0.100. The highest BCUT2D eigenvalue weighted by atomic mass is 35.5. The van der Waals surface area contributed by atoms with Gasteiger partial charge in [0.1, 0.15) is 6.07 Å². The Hall–Kier alpha value is -4.50. The molecule has 0 atom stereocenters. The first-order valence-corrected chi connectivity index (χ1v) is 14.6. The van der Waals surface area contributed by atoms with Crippen LogP contribution < -0.4 is 16.0 Å². The summed E-state index contributed by atoms with van der Waals surface area (Å²) in [4.78, 5) is 38.1. The third-order valence-corrected chi connectivity index (χ3v) is 8.68. The standard InChI is InChI=1S/C31H32ClN9O2/c1-4-41-14-12-26-24(17-41)36-29(40(26)3)31(43)38-22-10-6-8-19(27(22)32)18-7-5-9-21(20(18)15-33)37-30(42)28-35-23-16-34-13-11-25(23)39(28)2/h5-10,34H,4,11-14,16-17H2,1-3H3,(H,37,42)(H,38,43). The molecular formula is C31H32ClN9O2. The van der Waals surface area contributed by atoms with Gasteiger partial charge in [-0.1, -0.05) is 42.8 Å². The molecule has 0 fully saturated rings. The summed E-state index contributed by atoms with van der Waals surface area (Å²) < 4.78 is 3.66. The van der Waals surface area contributed by atoms with E-state index in [1.165, 1.54) is 0 Å². The SMILES string of the molecule is CCN1CCc2c(nc(C(=O)Nc3cccc(-c4cccc(NC(=O)c5nc6c(n5C)CCNC6)c4C#N)c3Cl)n2C)C1. The van der Waals surface area contributed by atoms with Crippen molar-refractivity contribution in [1.29, 1.82) is 5.26 Å². The average Bonchev–Trinajstić information content (AvgIpc) is 3.54. The summed E-state index contributed by atoms with van der Waals surface area (Å²) in [6.45, 7) is 6.13. The van der Waals surface area contributed by atoms with E-state index in [0.717, 1.165) is 55.3 Å². The number of halogens is 1. The monoisotopic (exact) mass is 597 g/mol. The van der Waals surface area contributed by atoms with Crippen molar-refractivity contribution in [2.24, 2.45) is 14.1 Å². The number of benzene rings is 2. The number of rotatable bonds is 6. The second-order valence-corrected chi connectivity index (χ2v) is 11.1. The molecule has 4 heterocycles. The number of aromatic nitrogens is 4. The quantitative estimate of drug-likeness (QED) is 0.307. The number of nitriles is 1. The molecular weight excluding hydrogens is 566 g/mol. The molecule has 0 saturated heterocycles. The van der Waals surface area contributed by atoms with E-state index in [9.17, 15) is 14.9 Å². The van der Waals surface area contributed by atoms with Crippen molar-refractivity contribution in [2.75, 3.05) is 30.3 Å². The lowest BCUT2D eigenvalue weighted by atomic mass is 9.98. The van der Waals surface area contributed by atoms with Crippen LogP contribution >= 0.6 is 11.6 Å². The number of nitrogens with zero attached hydrogens (tertiary/aromatic N) is 6. The van der Waals surface area contributed by atoms with Gasteiger partial charge in [-0.3, -0.25) is 14.5 Å². The van der Waals surface area contributed by atoms with Crippen LogP contribution in [0.4, 0.5) is 11.4 Å². The fraction of sp³-hybridized carbons (Fsp3) is 0.323. The Morgan fingerprint density at radius 3 is 2.26 bits per heavy atom. The summed E-state index contributed by atoms with van der Waals surface area (Å²) in [5.41, 5.74) is 5.92. The number of hydrogen-bond donors (Lipinski definition) is 3. The Morgan fingerprint density at radius 1 is 0.953 bits per heavy atom. The van der Waals surface area contributed by atoms with Gasteiger partial charge in [-0.05, 0) is 18.7 Å². The Labute approximate surface area is 254 Å². The molecule has 2 aromatic heterocycles. The summed E-state index contributed by atoms with van der Waals surface area (Å²) in [5.74, 6) is -0.173. The first kappa shape index (κ1) is 28.6. The van der Waals surface area contributed by atoms with Crippen LogP contribution in [0.2, 0.25) is 5.02 Å². The maximum atomic E-state index is 13.4. The second kappa shape index (κ2) is 11.6. The Morgan fingerprint density at radius 2 is 1.58 bits per heavy atom. The van der Waals surface area contributed by atoms with E-state index in [-0.39, 0.29) is 22.3 Å². The lowest BCUT2D eigenvalue weighted by Crippen LogP contribution is -2.30. The van der Waals surface area contributed by atoms with E-state index in [1.54, 1.807) is 36.4 Å². The van der Waals surface area contributed by atoms with Crippen LogP contribution in [-0.4, -0.2) is 55.5 Å². The van der Waals surface area contributed by atoms with Crippen LogP contribution in [0.1, 0.15) is 56.5 Å². The number of hydrogen-bond acceptors (Lipinski definition) is 7. The first-order valence-electron chi connectivity index (χ1n) is 14.3. The van der Waals surface area contributed by atoms with Crippen molar-refractivity contribution in [1.82, 2.24) is 29.3 Å². The number of carbonyl (C=O) groups excluding carboxylic acids is 2. The van der Waals surface area contributed by atoms with Crippen molar-refractivity contribution in [3.05, 3.63) is 81.4 Å². The zero-order chi connectivity index (χ0) is 30.2. The summed E-state index contributed by atoms with van der Waals surface area (Å²) in [5, 5.41) is 19.5. The number of anilines is 2. The molecule has 2 aromatic carbocycles. The lowest BCUT2D eigenvalue weighted by Gasteiger charge is -2.24. The fourth-order valence-electron chi connectivity index (χ4n) is 5.91. The smallest absolute Gasteiger partial charge is 0.291 e. The fourth-order valence-corrected chi connectivity index (χ4v) is 6.18.